The van der Waals surface area contributed by atoms with Crippen molar-refractivity contribution in [3.8, 4) is 0 Å². The van der Waals surface area contributed by atoms with E-state index in [0.29, 0.717) is 6.54 Å². The Labute approximate surface area is 143 Å². The quantitative estimate of drug-likeness (QED) is 0.889. The third-order valence-electron chi connectivity index (χ3n) is 4.56. The number of pyridine rings is 1. The maximum Gasteiger partial charge on any atom is 0.224 e. The summed E-state index contributed by atoms with van der Waals surface area (Å²) in [5.74, 6) is 0.299. The zero-order valence-electron chi connectivity index (χ0n) is 14.0. The lowest BCUT2D eigenvalue weighted by Gasteiger charge is -2.32. The molecule has 1 atom stereocenters. The number of hydrogen-bond acceptors (Lipinski definition) is 3. The van der Waals surface area contributed by atoms with E-state index in [9.17, 15) is 4.79 Å². The van der Waals surface area contributed by atoms with Gasteiger partial charge < -0.3 is 5.32 Å². The third kappa shape index (κ3) is 4.90. The molecule has 0 saturated carbocycles. The first-order valence-electron chi connectivity index (χ1n) is 8.74. The van der Waals surface area contributed by atoms with Crippen LogP contribution >= 0.6 is 0 Å². The van der Waals surface area contributed by atoms with E-state index < -0.39 is 0 Å². The molecule has 3 rings (SSSR count). The lowest BCUT2D eigenvalue weighted by Crippen LogP contribution is -2.43. The van der Waals surface area contributed by atoms with Gasteiger partial charge in [-0.05, 0) is 43.0 Å². The number of nitrogens with zero attached hydrogens (tertiary/aromatic N) is 2. The minimum absolute atomic E-state index is 0.108. The van der Waals surface area contributed by atoms with E-state index in [4.69, 9.17) is 0 Å². The SMILES string of the molecule is O=C(NCCc1cccnc1)C1CCCN(Cc2ccccc2)C1. The van der Waals surface area contributed by atoms with Crippen LogP contribution < -0.4 is 5.32 Å². The molecule has 1 fully saturated rings. The smallest absolute Gasteiger partial charge is 0.224 e. The third-order valence-corrected chi connectivity index (χ3v) is 4.56. The standard InChI is InChI=1S/C20H25N3O/c24-20(22-12-10-17-8-4-11-21-14-17)19-9-5-13-23(16-19)15-18-6-2-1-3-7-18/h1-4,6-8,11,14,19H,5,9-10,12-13,15-16H2,(H,22,24). The van der Waals surface area contributed by atoms with Crippen LogP contribution in [0.1, 0.15) is 24.0 Å². The highest BCUT2D eigenvalue weighted by molar-refractivity contribution is 5.78. The number of carbonyl (C=O) groups excluding carboxylic acids is 1. The molecule has 0 spiro atoms. The van der Waals surface area contributed by atoms with Gasteiger partial charge in [-0.15, -0.1) is 0 Å². The Balaban J connectivity index is 1.44. The van der Waals surface area contributed by atoms with Gasteiger partial charge in [0.15, 0.2) is 0 Å². The Bertz CT molecular complexity index is 630. The van der Waals surface area contributed by atoms with Crippen molar-refractivity contribution in [2.24, 2.45) is 5.92 Å². The Morgan fingerprint density at radius 3 is 2.79 bits per heavy atom. The van der Waals surface area contributed by atoms with Gasteiger partial charge in [-0.3, -0.25) is 14.7 Å². The van der Waals surface area contributed by atoms with Gasteiger partial charge in [0, 0.05) is 32.0 Å². The second-order valence-corrected chi connectivity index (χ2v) is 6.46. The minimum atomic E-state index is 0.108. The summed E-state index contributed by atoms with van der Waals surface area (Å²) in [4.78, 5) is 18.9. The highest BCUT2D eigenvalue weighted by Crippen LogP contribution is 2.18. The van der Waals surface area contributed by atoms with E-state index in [-0.39, 0.29) is 11.8 Å². The van der Waals surface area contributed by atoms with E-state index >= 15 is 0 Å². The van der Waals surface area contributed by atoms with Crippen LogP contribution in [0.4, 0.5) is 0 Å². The van der Waals surface area contributed by atoms with E-state index in [1.54, 1.807) is 6.20 Å². The predicted octanol–water partition coefficient (Wildman–Crippen LogP) is 2.65. The molecule has 126 valence electrons. The largest absolute Gasteiger partial charge is 0.355 e. The van der Waals surface area contributed by atoms with Crippen LogP contribution in [-0.2, 0) is 17.8 Å². The molecule has 1 aromatic carbocycles. The highest BCUT2D eigenvalue weighted by Gasteiger charge is 2.25. The first-order valence-corrected chi connectivity index (χ1v) is 8.74. The molecular formula is C20H25N3O. The molecule has 1 aromatic heterocycles. The number of benzene rings is 1. The van der Waals surface area contributed by atoms with Crippen LogP contribution in [0.3, 0.4) is 0 Å². The van der Waals surface area contributed by atoms with Crippen molar-refractivity contribution in [1.82, 2.24) is 15.2 Å². The van der Waals surface area contributed by atoms with Gasteiger partial charge in [0.2, 0.25) is 5.91 Å². The summed E-state index contributed by atoms with van der Waals surface area (Å²) in [6.45, 7) is 3.54. The number of hydrogen-bond donors (Lipinski definition) is 1. The van der Waals surface area contributed by atoms with E-state index in [2.05, 4.69) is 39.5 Å². The Morgan fingerprint density at radius 1 is 1.17 bits per heavy atom. The molecule has 1 amide bonds. The summed E-state index contributed by atoms with van der Waals surface area (Å²) in [6.07, 6.45) is 6.54. The van der Waals surface area contributed by atoms with Gasteiger partial charge in [-0.1, -0.05) is 36.4 Å². The summed E-state index contributed by atoms with van der Waals surface area (Å²) in [5.41, 5.74) is 2.47. The van der Waals surface area contributed by atoms with Gasteiger partial charge >= 0.3 is 0 Å². The summed E-state index contributed by atoms with van der Waals surface area (Å²) >= 11 is 0. The summed E-state index contributed by atoms with van der Waals surface area (Å²) in [7, 11) is 0. The first-order chi connectivity index (χ1) is 11.8. The molecular weight excluding hydrogens is 298 g/mol. The van der Waals surface area contributed by atoms with Crippen molar-refractivity contribution >= 4 is 5.91 Å². The summed E-state index contributed by atoms with van der Waals surface area (Å²) in [5, 5.41) is 3.09. The Kier molecular flexibility index (Phi) is 5.96. The fourth-order valence-electron chi connectivity index (χ4n) is 3.28. The van der Waals surface area contributed by atoms with Crippen molar-refractivity contribution in [2.45, 2.75) is 25.8 Å². The second-order valence-electron chi connectivity index (χ2n) is 6.46. The molecule has 0 aliphatic carbocycles. The molecule has 0 radical (unpaired) electrons. The number of likely N-dealkylation sites (tertiary alicyclic amines) is 1. The first kappa shape index (κ1) is 16.7. The number of nitrogens with one attached hydrogen (secondary N) is 1. The normalized spacial score (nSPS) is 18.2. The Hall–Kier alpha value is -2.20. The lowest BCUT2D eigenvalue weighted by atomic mass is 9.96. The molecule has 2 heterocycles. The fraction of sp³-hybridized carbons (Fsp3) is 0.400. The molecule has 1 aliphatic heterocycles. The molecule has 2 aromatic rings. The summed E-state index contributed by atoms with van der Waals surface area (Å²) in [6, 6.07) is 14.5. The number of amides is 1. The second kappa shape index (κ2) is 8.60. The molecule has 1 aliphatic rings. The molecule has 4 heteroatoms. The van der Waals surface area contributed by atoms with Gasteiger partial charge in [0.25, 0.3) is 0 Å². The van der Waals surface area contributed by atoms with Gasteiger partial charge in [-0.25, -0.2) is 0 Å². The van der Waals surface area contributed by atoms with Crippen LogP contribution in [0.5, 0.6) is 0 Å². The molecule has 4 nitrogen and oxygen atoms in total. The number of rotatable bonds is 6. The van der Waals surface area contributed by atoms with Crippen molar-refractivity contribution in [3.63, 3.8) is 0 Å². The van der Waals surface area contributed by atoms with Crippen molar-refractivity contribution in [3.05, 3.63) is 66.0 Å². The monoisotopic (exact) mass is 323 g/mol. The van der Waals surface area contributed by atoms with Gasteiger partial charge in [-0.2, -0.15) is 0 Å². The number of carbonyl (C=O) groups is 1. The predicted molar refractivity (Wildman–Crippen MR) is 95.4 cm³/mol. The number of aromatic nitrogens is 1. The fourth-order valence-corrected chi connectivity index (χ4v) is 3.28. The molecule has 1 saturated heterocycles. The van der Waals surface area contributed by atoms with E-state index in [0.717, 1.165) is 44.5 Å². The van der Waals surface area contributed by atoms with Crippen molar-refractivity contribution in [1.29, 1.82) is 0 Å². The lowest BCUT2D eigenvalue weighted by molar-refractivity contribution is -0.126. The molecule has 24 heavy (non-hydrogen) atoms. The highest BCUT2D eigenvalue weighted by atomic mass is 16.1. The average molecular weight is 323 g/mol. The maximum atomic E-state index is 12.4. The molecule has 1 unspecified atom stereocenters. The van der Waals surface area contributed by atoms with Gasteiger partial charge in [0.05, 0.1) is 5.92 Å². The minimum Gasteiger partial charge on any atom is -0.355 e. The van der Waals surface area contributed by atoms with Crippen molar-refractivity contribution in [2.75, 3.05) is 19.6 Å². The van der Waals surface area contributed by atoms with Crippen LogP contribution in [0.25, 0.3) is 0 Å². The summed E-state index contributed by atoms with van der Waals surface area (Å²) < 4.78 is 0. The van der Waals surface area contributed by atoms with Crippen molar-refractivity contribution < 1.29 is 4.79 Å². The number of piperidine rings is 1. The van der Waals surface area contributed by atoms with Crippen LogP contribution in [-0.4, -0.2) is 35.4 Å². The average Bonchev–Trinajstić information content (AvgIpc) is 2.64. The van der Waals surface area contributed by atoms with E-state index in [1.165, 1.54) is 5.56 Å². The molecule has 1 N–H and O–H groups in total. The van der Waals surface area contributed by atoms with Crippen LogP contribution in [0.2, 0.25) is 0 Å². The van der Waals surface area contributed by atoms with E-state index in [1.807, 2.05) is 24.4 Å². The topological polar surface area (TPSA) is 45.2 Å². The van der Waals surface area contributed by atoms with Crippen LogP contribution in [0.15, 0.2) is 54.9 Å². The Morgan fingerprint density at radius 2 is 2.00 bits per heavy atom. The molecule has 0 bridgehead atoms. The maximum absolute atomic E-state index is 12.4. The zero-order chi connectivity index (χ0) is 16.6. The zero-order valence-corrected chi connectivity index (χ0v) is 14.0. The van der Waals surface area contributed by atoms with Crippen LogP contribution in [0, 0.1) is 5.92 Å². The van der Waals surface area contributed by atoms with Gasteiger partial charge in [0.1, 0.15) is 0 Å².